The van der Waals surface area contributed by atoms with Crippen LogP contribution in [0.25, 0.3) is 11.1 Å². The summed E-state index contributed by atoms with van der Waals surface area (Å²) in [5, 5.41) is 0. The highest BCUT2D eigenvalue weighted by Crippen LogP contribution is 2.29. The molecule has 2 heteroatoms. The molecule has 0 radical (unpaired) electrons. The molecule has 1 nitrogen and oxygen atoms in total. The molecule has 2 rings (SSSR count). The first-order chi connectivity index (χ1) is 7.68. The second-order valence-corrected chi connectivity index (χ2v) is 4.75. The largest absolute Gasteiger partial charge is 0.324 e. The first-order valence-corrected chi connectivity index (χ1v) is 6.08. The molecule has 1 unspecified atom stereocenters. The van der Waals surface area contributed by atoms with Crippen LogP contribution in [0.4, 0.5) is 0 Å². The SMILES string of the molecule is CC(N)c1cccc(-c2ccccc2Br)c1. The lowest BCUT2D eigenvalue weighted by Crippen LogP contribution is -2.04. The summed E-state index contributed by atoms with van der Waals surface area (Å²) in [6, 6.07) is 16.6. The summed E-state index contributed by atoms with van der Waals surface area (Å²) in [6.07, 6.45) is 0. The average Bonchev–Trinajstić information content (AvgIpc) is 2.30. The smallest absolute Gasteiger partial charge is 0.0266 e. The molecule has 0 aromatic heterocycles. The molecule has 0 fully saturated rings. The van der Waals surface area contributed by atoms with Crippen LogP contribution < -0.4 is 5.73 Å². The van der Waals surface area contributed by atoms with Crippen molar-refractivity contribution in [1.29, 1.82) is 0 Å². The molecule has 2 aromatic carbocycles. The zero-order chi connectivity index (χ0) is 11.5. The lowest BCUT2D eigenvalue weighted by Gasteiger charge is -2.09. The van der Waals surface area contributed by atoms with Gasteiger partial charge in [0.15, 0.2) is 0 Å². The summed E-state index contributed by atoms with van der Waals surface area (Å²) in [6.45, 7) is 2.00. The summed E-state index contributed by atoms with van der Waals surface area (Å²) in [5.41, 5.74) is 9.44. The fourth-order valence-corrected chi connectivity index (χ4v) is 2.20. The molecule has 0 saturated heterocycles. The van der Waals surface area contributed by atoms with Gasteiger partial charge in [0.25, 0.3) is 0 Å². The van der Waals surface area contributed by atoms with Crippen LogP contribution in [0, 0.1) is 0 Å². The quantitative estimate of drug-likeness (QED) is 0.876. The van der Waals surface area contributed by atoms with Gasteiger partial charge in [0, 0.05) is 10.5 Å². The number of hydrogen-bond donors (Lipinski definition) is 1. The molecule has 0 amide bonds. The maximum absolute atomic E-state index is 5.89. The fourth-order valence-electron chi connectivity index (χ4n) is 1.68. The van der Waals surface area contributed by atoms with Gasteiger partial charge in [-0.1, -0.05) is 52.3 Å². The van der Waals surface area contributed by atoms with Crippen molar-refractivity contribution in [2.45, 2.75) is 13.0 Å². The minimum absolute atomic E-state index is 0.0717. The second kappa shape index (κ2) is 4.81. The summed E-state index contributed by atoms with van der Waals surface area (Å²) >= 11 is 3.56. The highest BCUT2D eigenvalue weighted by Gasteiger charge is 2.04. The van der Waals surface area contributed by atoms with Crippen LogP contribution in [-0.4, -0.2) is 0 Å². The molecule has 16 heavy (non-hydrogen) atoms. The highest BCUT2D eigenvalue weighted by atomic mass is 79.9. The molecule has 82 valence electrons. The topological polar surface area (TPSA) is 26.0 Å². The van der Waals surface area contributed by atoms with Crippen molar-refractivity contribution in [2.24, 2.45) is 5.73 Å². The molecular formula is C14H14BrN. The van der Waals surface area contributed by atoms with Crippen LogP contribution in [0.15, 0.2) is 53.0 Å². The third-order valence-electron chi connectivity index (χ3n) is 2.60. The van der Waals surface area contributed by atoms with Gasteiger partial charge in [0.2, 0.25) is 0 Å². The standard InChI is InChI=1S/C14H14BrN/c1-10(16)11-5-4-6-12(9-11)13-7-2-3-8-14(13)15/h2-10H,16H2,1H3. The molecule has 0 aliphatic heterocycles. The van der Waals surface area contributed by atoms with Gasteiger partial charge >= 0.3 is 0 Å². The van der Waals surface area contributed by atoms with E-state index in [1.165, 1.54) is 11.1 Å². The molecule has 0 aliphatic rings. The van der Waals surface area contributed by atoms with Crippen LogP contribution in [0.1, 0.15) is 18.5 Å². The predicted octanol–water partition coefficient (Wildman–Crippen LogP) is 4.14. The van der Waals surface area contributed by atoms with E-state index in [1.807, 2.05) is 31.2 Å². The van der Waals surface area contributed by atoms with E-state index in [4.69, 9.17) is 5.73 Å². The van der Waals surface area contributed by atoms with Crippen LogP contribution in [0.3, 0.4) is 0 Å². The molecule has 0 heterocycles. The van der Waals surface area contributed by atoms with Gasteiger partial charge in [-0.15, -0.1) is 0 Å². The Balaban J connectivity index is 2.49. The van der Waals surface area contributed by atoms with Crippen LogP contribution in [0.5, 0.6) is 0 Å². The Kier molecular flexibility index (Phi) is 3.42. The number of nitrogens with two attached hydrogens (primary N) is 1. The zero-order valence-electron chi connectivity index (χ0n) is 9.15. The third-order valence-corrected chi connectivity index (χ3v) is 3.29. The van der Waals surface area contributed by atoms with Crippen molar-refractivity contribution < 1.29 is 0 Å². The van der Waals surface area contributed by atoms with E-state index in [-0.39, 0.29) is 6.04 Å². The van der Waals surface area contributed by atoms with E-state index in [1.54, 1.807) is 0 Å². The Morgan fingerprint density at radius 3 is 2.50 bits per heavy atom. The van der Waals surface area contributed by atoms with Gasteiger partial charge in [-0.25, -0.2) is 0 Å². The minimum atomic E-state index is 0.0717. The number of hydrogen-bond acceptors (Lipinski definition) is 1. The Morgan fingerprint density at radius 2 is 1.81 bits per heavy atom. The van der Waals surface area contributed by atoms with Gasteiger partial charge in [-0.05, 0) is 35.7 Å². The monoisotopic (exact) mass is 275 g/mol. The summed E-state index contributed by atoms with van der Waals surface area (Å²) < 4.78 is 1.11. The van der Waals surface area contributed by atoms with Crippen molar-refractivity contribution in [1.82, 2.24) is 0 Å². The molecule has 2 N–H and O–H groups in total. The Bertz CT molecular complexity index is 492. The van der Waals surface area contributed by atoms with Crippen molar-refractivity contribution in [2.75, 3.05) is 0 Å². The summed E-state index contributed by atoms with van der Waals surface area (Å²) in [7, 11) is 0. The molecule has 0 bridgehead atoms. The van der Waals surface area contributed by atoms with Gasteiger partial charge in [0.05, 0.1) is 0 Å². The first kappa shape index (κ1) is 11.4. The Hall–Kier alpha value is -1.12. The van der Waals surface area contributed by atoms with Gasteiger partial charge in [0.1, 0.15) is 0 Å². The molecule has 1 atom stereocenters. The van der Waals surface area contributed by atoms with Gasteiger partial charge in [-0.2, -0.15) is 0 Å². The Labute approximate surface area is 104 Å². The second-order valence-electron chi connectivity index (χ2n) is 3.89. The van der Waals surface area contributed by atoms with Gasteiger partial charge in [-0.3, -0.25) is 0 Å². The summed E-state index contributed by atoms with van der Waals surface area (Å²) in [4.78, 5) is 0. The lowest BCUT2D eigenvalue weighted by atomic mass is 10.0. The van der Waals surface area contributed by atoms with E-state index < -0.39 is 0 Å². The van der Waals surface area contributed by atoms with Crippen molar-refractivity contribution in [3.63, 3.8) is 0 Å². The van der Waals surface area contributed by atoms with E-state index >= 15 is 0 Å². The van der Waals surface area contributed by atoms with Crippen LogP contribution in [0.2, 0.25) is 0 Å². The van der Waals surface area contributed by atoms with Crippen molar-refractivity contribution in [3.8, 4) is 11.1 Å². The first-order valence-electron chi connectivity index (χ1n) is 5.29. The minimum Gasteiger partial charge on any atom is -0.324 e. The molecule has 0 spiro atoms. The maximum Gasteiger partial charge on any atom is 0.0266 e. The number of halogens is 1. The summed E-state index contributed by atoms with van der Waals surface area (Å²) in [5.74, 6) is 0. The van der Waals surface area contributed by atoms with E-state index in [9.17, 15) is 0 Å². The fraction of sp³-hybridized carbons (Fsp3) is 0.143. The van der Waals surface area contributed by atoms with E-state index in [2.05, 4.69) is 40.2 Å². The molecule has 0 aliphatic carbocycles. The lowest BCUT2D eigenvalue weighted by molar-refractivity contribution is 0.819. The third kappa shape index (κ3) is 2.34. The zero-order valence-corrected chi connectivity index (χ0v) is 10.7. The number of rotatable bonds is 2. The van der Waals surface area contributed by atoms with Crippen molar-refractivity contribution in [3.05, 3.63) is 58.6 Å². The Morgan fingerprint density at radius 1 is 1.06 bits per heavy atom. The molecule has 0 saturated carbocycles. The highest BCUT2D eigenvalue weighted by molar-refractivity contribution is 9.10. The predicted molar refractivity (Wildman–Crippen MR) is 72.2 cm³/mol. The van der Waals surface area contributed by atoms with E-state index in [0.717, 1.165) is 10.0 Å². The normalized spacial score (nSPS) is 12.4. The van der Waals surface area contributed by atoms with Crippen LogP contribution in [-0.2, 0) is 0 Å². The van der Waals surface area contributed by atoms with E-state index in [0.29, 0.717) is 0 Å². The molecular weight excluding hydrogens is 262 g/mol. The maximum atomic E-state index is 5.89. The van der Waals surface area contributed by atoms with Crippen LogP contribution >= 0.6 is 15.9 Å². The molecule has 2 aromatic rings. The van der Waals surface area contributed by atoms with Gasteiger partial charge < -0.3 is 5.73 Å². The van der Waals surface area contributed by atoms with Crippen molar-refractivity contribution >= 4 is 15.9 Å². The number of benzene rings is 2. The average molecular weight is 276 g/mol.